The Labute approximate surface area is 236 Å². The number of hydrogen-bond acceptors (Lipinski definition) is 5. The summed E-state index contributed by atoms with van der Waals surface area (Å²) in [5.74, 6) is -0.168. The van der Waals surface area contributed by atoms with Crippen LogP contribution in [0.1, 0.15) is 83.9 Å². The number of rotatable bonds is 7. The van der Waals surface area contributed by atoms with Crippen molar-refractivity contribution < 1.29 is 50.5 Å². The number of carbonyl (C=O) groups excluding carboxylic acids is 2. The average Bonchev–Trinajstić information content (AvgIpc) is 2.83. The van der Waals surface area contributed by atoms with Crippen LogP contribution in [-0.2, 0) is 28.4 Å². The predicted molar refractivity (Wildman–Crippen MR) is 139 cm³/mol. The molecule has 0 bridgehead atoms. The van der Waals surface area contributed by atoms with Gasteiger partial charge in [-0.05, 0) is 76.1 Å². The van der Waals surface area contributed by atoms with Crippen molar-refractivity contribution in [1.82, 2.24) is 9.80 Å². The minimum absolute atomic E-state index is 0.0295. The smallest absolute Gasteiger partial charge is 0.416 e. The number of likely N-dealkylation sites (tertiary alicyclic amines) is 1. The lowest BCUT2D eigenvalue weighted by atomic mass is 9.85. The molecule has 0 aromatic heterocycles. The Balaban J connectivity index is 2.54. The number of hydrogen-bond donors (Lipinski definition) is 1. The predicted octanol–water partition coefficient (Wildman–Crippen LogP) is 7.25. The number of piperidine rings is 1. The summed E-state index contributed by atoms with van der Waals surface area (Å²) in [4.78, 5) is 28.8. The topological polar surface area (TPSA) is 79.3 Å². The van der Waals surface area contributed by atoms with Crippen LogP contribution in [0.5, 0.6) is 0 Å². The summed E-state index contributed by atoms with van der Waals surface area (Å²) in [7, 11) is 1.07. The summed E-state index contributed by atoms with van der Waals surface area (Å²) < 4.78 is 91.4. The maximum absolute atomic E-state index is 13.5. The molecule has 0 saturated carbocycles. The molecule has 1 aromatic rings. The molecule has 1 N–H and O–H groups in total. The fourth-order valence-corrected chi connectivity index (χ4v) is 5.01. The number of amides is 2. The Morgan fingerprint density at radius 3 is 1.93 bits per heavy atom. The highest BCUT2D eigenvalue weighted by atomic mass is 19.4. The van der Waals surface area contributed by atoms with Gasteiger partial charge in [-0.1, -0.05) is 20.8 Å². The molecular weight excluding hydrogens is 558 g/mol. The Hall–Kier alpha value is -2.70. The molecule has 7 nitrogen and oxygen atoms in total. The molecule has 234 valence electrons. The van der Waals surface area contributed by atoms with Crippen molar-refractivity contribution in [3.63, 3.8) is 0 Å². The molecule has 1 heterocycles. The standard InChI is InChI=1S/C28H40F6N2O5/c1-8-20-12-21(13-22(14-23(37)16(2)3)36(20)25(39)41-26(4,5)6)35(24(38)40-7)15-17-9-18(27(29,30)31)11-19(10-17)28(32,33)34/h9-11,16,20-23,37H,8,12-15H2,1-7H3. The fraction of sp³-hybridized carbons (Fsp3) is 0.714. The third-order valence-corrected chi connectivity index (χ3v) is 7.08. The van der Waals surface area contributed by atoms with Gasteiger partial charge in [0.1, 0.15) is 5.60 Å². The minimum atomic E-state index is -5.05. The van der Waals surface area contributed by atoms with Gasteiger partial charge in [0.2, 0.25) is 0 Å². The van der Waals surface area contributed by atoms with Crippen LogP contribution < -0.4 is 0 Å². The maximum Gasteiger partial charge on any atom is 0.416 e. The molecule has 2 amide bonds. The lowest BCUT2D eigenvalue weighted by Gasteiger charge is -2.48. The molecule has 1 aliphatic heterocycles. The van der Waals surface area contributed by atoms with E-state index >= 15 is 0 Å². The highest BCUT2D eigenvalue weighted by molar-refractivity contribution is 5.70. The largest absolute Gasteiger partial charge is 0.453 e. The monoisotopic (exact) mass is 598 g/mol. The molecule has 4 atom stereocenters. The third-order valence-electron chi connectivity index (χ3n) is 7.08. The van der Waals surface area contributed by atoms with Crippen molar-refractivity contribution in [2.45, 2.75) is 116 Å². The van der Waals surface area contributed by atoms with E-state index in [0.29, 0.717) is 18.6 Å². The van der Waals surface area contributed by atoms with E-state index in [4.69, 9.17) is 9.47 Å². The maximum atomic E-state index is 13.5. The van der Waals surface area contributed by atoms with Crippen LogP contribution in [0.25, 0.3) is 0 Å². The van der Waals surface area contributed by atoms with Gasteiger partial charge >= 0.3 is 24.5 Å². The van der Waals surface area contributed by atoms with E-state index in [1.54, 1.807) is 34.6 Å². The first kappa shape index (κ1) is 34.5. The highest BCUT2D eigenvalue weighted by Crippen LogP contribution is 2.38. The van der Waals surface area contributed by atoms with Crippen LogP contribution >= 0.6 is 0 Å². The molecule has 41 heavy (non-hydrogen) atoms. The first-order chi connectivity index (χ1) is 18.7. The van der Waals surface area contributed by atoms with Crippen molar-refractivity contribution >= 4 is 12.2 Å². The van der Waals surface area contributed by atoms with Crippen molar-refractivity contribution in [2.24, 2.45) is 5.92 Å². The Morgan fingerprint density at radius 2 is 1.51 bits per heavy atom. The lowest BCUT2D eigenvalue weighted by Crippen LogP contribution is -2.59. The van der Waals surface area contributed by atoms with Crippen molar-refractivity contribution in [3.8, 4) is 0 Å². The van der Waals surface area contributed by atoms with Gasteiger partial charge in [0.15, 0.2) is 0 Å². The molecule has 1 aliphatic rings. The van der Waals surface area contributed by atoms with E-state index in [1.807, 2.05) is 6.92 Å². The Bertz CT molecular complexity index is 1020. The summed E-state index contributed by atoms with van der Waals surface area (Å²) in [6.45, 7) is 9.94. The van der Waals surface area contributed by atoms with E-state index in [0.717, 1.165) is 12.0 Å². The molecule has 4 unspecified atom stereocenters. The minimum Gasteiger partial charge on any atom is -0.453 e. The number of carbonyl (C=O) groups is 2. The number of benzene rings is 1. The number of methoxy groups -OCH3 is 1. The Morgan fingerprint density at radius 1 is 1.00 bits per heavy atom. The Kier molecular flexibility index (Phi) is 11.0. The molecule has 2 rings (SSSR count). The summed E-state index contributed by atoms with van der Waals surface area (Å²) >= 11 is 0. The zero-order valence-corrected chi connectivity index (χ0v) is 24.4. The first-order valence-corrected chi connectivity index (χ1v) is 13.5. The summed E-state index contributed by atoms with van der Waals surface area (Å²) in [6, 6.07) is -0.657. The fourth-order valence-electron chi connectivity index (χ4n) is 5.01. The molecule has 1 saturated heterocycles. The van der Waals surface area contributed by atoms with Crippen LogP contribution in [-0.4, -0.2) is 64.0 Å². The van der Waals surface area contributed by atoms with Crippen molar-refractivity contribution in [3.05, 3.63) is 34.9 Å². The van der Waals surface area contributed by atoms with Gasteiger partial charge in [-0.2, -0.15) is 26.3 Å². The van der Waals surface area contributed by atoms with Gasteiger partial charge in [-0.15, -0.1) is 0 Å². The zero-order chi connectivity index (χ0) is 31.5. The van der Waals surface area contributed by atoms with Crippen LogP contribution in [0.3, 0.4) is 0 Å². The van der Waals surface area contributed by atoms with Gasteiger partial charge < -0.3 is 24.4 Å². The number of alkyl halides is 6. The molecule has 1 fully saturated rings. The van der Waals surface area contributed by atoms with Crippen LogP contribution in [0.2, 0.25) is 0 Å². The number of halogens is 6. The number of aliphatic hydroxyl groups is 1. The van der Waals surface area contributed by atoms with Crippen LogP contribution in [0, 0.1) is 5.92 Å². The first-order valence-electron chi connectivity index (χ1n) is 13.5. The van der Waals surface area contributed by atoms with Crippen LogP contribution in [0.4, 0.5) is 35.9 Å². The molecule has 0 radical (unpaired) electrons. The van der Waals surface area contributed by atoms with Gasteiger partial charge in [0.25, 0.3) is 0 Å². The van der Waals surface area contributed by atoms with Gasteiger partial charge in [-0.25, -0.2) is 9.59 Å². The summed E-state index contributed by atoms with van der Waals surface area (Å²) in [6.07, 6.45) is -11.7. The van der Waals surface area contributed by atoms with Gasteiger partial charge in [0, 0.05) is 24.7 Å². The van der Waals surface area contributed by atoms with E-state index < -0.39 is 72.0 Å². The molecule has 1 aromatic carbocycles. The quantitative estimate of drug-likeness (QED) is 0.335. The molecule has 13 heteroatoms. The van der Waals surface area contributed by atoms with Crippen LogP contribution in [0.15, 0.2) is 18.2 Å². The van der Waals surface area contributed by atoms with E-state index in [-0.39, 0.29) is 36.8 Å². The van der Waals surface area contributed by atoms with E-state index in [9.17, 15) is 41.0 Å². The summed E-state index contributed by atoms with van der Waals surface area (Å²) in [5.41, 5.74) is -4.17. The lowest BCUT2D eigenvalue weighted by molar-refractivity contribution is -0.143. The average molecular weight is 599 g/mol. The number of ether oxygens (including phenoxy) is 2. The second kappa shape index (κ2) is 13.1. The molecular formula is C28H40F6N2O5. The molecule has 0 spiro atoms. The number of nitrogens with zero attached hydrogens (tertiary/aromatic N) is 2. The van der Waals surface area contributed by atoms with Crippen molar-refractivity contribution in [2.75, 3.05) is 7.11 Å². The second-order valence-electron chi connectivity index (χ2n) is 11.8. The zero-order valence-electron chi connectivity index (χ0n) is 24.4. The SMILES string of the molecule is CCC1CC(N(Cc2cc(C(F)(F)F)cc(C(F)(F)F)c2)C(=O)OC)CC(CC(O)C(C)C)N1C(=O)OC(C)(C)C. The van der Waals surface area contributed by atoms with E-state index in [2.05, 4.69) is 0 Å². The van der Waals surface area contributed by atoms with Gasteiger partial charge in [-0.3, -0.25) is 0 Å². The van der Waals surface area contributed by atoms with E-state index in [1.165, 1.54) is 4.90 Å². The molecule has 0 aliphatic carbocycles. The normalized spacial score (nSPS) is 21.0. The van der Waals surface area contributed by atoms with Crippen molar-refractivity contribution in [1.29, 1.82) is 0 Å². The highest BCUT2D eigenvalue weighted by Gasteiger charge is 2.44. The van der Waals surface area contributed by atoms with Gasteiger partial charge in [0.05, 0.1) is 24.3 Å². The second-order valence-corrected chi connectivity index (χ2v) is 11.8. The third kappa shape index (κ3) is 9.40. The summed E-state index contributed by atoms with van der Waals surface area (Å²) in [5, 5.41) is 10.7. The number of aliphatic hydroxyl groups excluding tert-OH is 1.